The lowest BCUT2D eigenvalue weighted by atomic mass is 10.1. The van der Waals surface area contributed by atoms with Crippen molar-refractivity contribution in [2.75, 3.05) is 0 Å². The number of hydrogen-bond acceptors (Lipinski definition) is 2. The lowest BCUT2D eigenvalue weighted by molar-refractivity contribution is 0.0690. The Morgan fingerprint density at radius 3 is 2.79 bits per heavy atom. The number of carbonyl (C=O) groups is 1. The van der Waals surface area contributed by atoms with Crippen LogP contribution in [0.5, 0.6) is 0 Å². The van der Waals surface area contributed by atoms with Crippen molar-refractivity contribution in [3.05, 3.63) is 41.7 Å². The maximum atomic E-state index is 10.9. The number of fused-ring (bicyclic) bond motifs is 1. The second kappa shape index (κ2) is 3.98. The van der Waals surface area contributed by atoms with Crippen molar-refractivity contribution in [2.45, 2.75) is 6.92 Å². The lowest BCUT2D eigenvalue weighted by Gasteiger charge is -1.98. The molecule has 0 aliphatic heterocycles. The molecule has 0 saturated carbocycles. The second-order valence-corrected chi connectivity index (χ2v) is 4.51. The number of H-pyrrole nitrogens is 1. The zero-order valence-corrected chi connectivity index (χ0v) is 10.6. The Labute approximate surface area is 109 Å². The van der Waals surface area contributed by atoms with Crippen LogP contribution < -0.4 is 0 Å². The molecule has 5 heteroatoms. The van der Waals surface area contributed by atoms with Crippen LogP contribution in [0.25, 0.3) is 22.2 Å². The highest BCUT2D eigenvalue weighted by Crippen LogP contribution is 2.32. The number of nitrogens with one attached hydrogen (secondary N) is 1. The van der Waals surface area contributed by atoms with Crippen LogP contribution in [0.4, 0.5) is 0 Å². The van der Waals surface area contributed by atoms with Crippen LogP contribution in [0, 0.1) is 6.92 Å². The van der Waals surface area contributed by atoms with Crippen LogP contribution in [-0.2, 0) is 7.05 Å². The van der Waals surface area contributed by atoms with Crippen LogP contribution in [-0.4, -0.2) is 25.8 Å². The van der Waals surface area contributed by atoms with E-state index in [1.165, 1.54) is 0 Å². The van der Waals surface area contributed by atoms with Crippen molar-refractivity contribution >= 4 is 16.9 Å². The predicted molar refractivity (Wildman–Crippen MR) is 72.2 cm³/mol. The van der Waals surface area contributed by atoms with E-state index in [1.807, 2.05) is 38.2 Å². The summed E-state index contributed by atoms with van der Waals surface area (Å²) in [5.74, 6) is -1.00. The number of nitrogens with zero attached hydrogens (tertiary/aromatic N) is 2. The van der Waals surface area contributed by atoms with E-state index in [-0.39, 0.29) is 5.69 Å². The number of benzene rings is 1. The van der Waals surface area contributed by atoms with Gasteiger partial charge in [-0.1, -0.05) is 18.2 Å². The van der Waals surface area contributed by atoms with Crippen LogP contribution in [0.3, 0.4) is 0 Å². The Morgan fingerprint density at radius 1 is 1.37 bits per heavy atom. The summed E-state index contributed by atoms with van der Waals surface area (Å²) in [7, 11) is 1.99. The summed E-state index contributed by atoms with van der Waals surface area (Å²) < 4.78 is 2.08. The highest BCUT2D eigenvalue weighted by atomic mass is 16.4. The van der Waals surface area contributed by atoms with Crippen molar-refractivity contribution in [2.24, 2.45) is 7.05 Å². The van der Waals surface area contributed by atoms with Crippen molar-refractivity contribution in [1.29, 1.82) is 0 Å². The molecular weight excluding hydrogens is 242 g/mol. The first kappa shape index (κ1) is 11.5. The van der Waals surface area contributed by atoms with Gasteiger partial charge in [0.25, 0.3) is 0 Å². The van der Waals surface area contributed by atoms with Gasteiger partial charge in [0, 0.05) is 29.2 Å². The number of carboxylic acids is 1. The van der Waals surface area contributed by atoms with Gasteiger partial charge in [-0.15, -0.1) is 0 Å². The van der Waals surface area contributed by atoms with Gasteiger partial charge in [-0.05, 0) is 19.1 Å². The quantitative estimate of drug-likeness (QED) is 0.739. The number of hydrogen-bond donors (Lipinski definition) is 2. The Kier molecular flexibility index (Phi) is 2.41. The van der Waals surface area contributed by atoms with Gasteiger partial charge >= 0.3 is 5.97 Å². The van der Waals surface area contributed by atoms with Gasteiger partial charge in [-0.25, -0.2) is 4.79 Å². The average Bonchev–Trinajstić information content (AvgIpc) is 2.96. The Bertz CT molecular complexity index is 783. The third kappa shape index (κ3) is 1.62. The Hall–Kier alpha value is -2.56. The smallest absolute Gasteiger partial charge is 0.353 e. The molecule has 0 aliphatic carbocycles. The molecule has 19 heavy (non-hydrogen) atoms. The minimum absolute atomic E-state index is 0.0994. The number of rotatable bonds is 2. The molecule has 0 atom stereocenters. The predicted octanol–water partition coefficient (Wildman–Crippen LogP) is 2.58. The number of aromatic carboxylic acids is 1. The fourth-order valence-electron chi connectivity index (χ4n) is 2.40. The molecule has 0 radical (unpaired) electrons. The first-order chi connectivity index (χ1) is 9.09. The average molecular weight is 255 g/mol. The van der Waals surface area contributed by atoms with E-state index in [0.29, 0.717) is 5.69 Å². The number of aromatic amines is 1. The Morgan fingerprint density at radius 2 is 2.11 bits per heavy atom. The summed E-state index contributed by atoms with van der Waals surface area (Å²) in [5.41, 5.74) is 3.90. The monoisotopic (exact) mass is 255 g/mol. The lowest BCUT2D eigenvalue weighted by Crippen LogP contribution is -1.95. The molecule has 5 nitrogen and oxygen atoms in total. The van der Waals surface area contributed by atoms with Crippen LogP contribution >= 0.6 is 0 Å². The van der Waals surface area contributed by atoms with E-state index in [2.05, 4.69) is 14.8 Å². The molecule has 0 aliphatic rings. The van der Waals surface area contributed by atoms with Crippen molar-refractivity contribution in [3.63, 3.8) is 0 Å². The first-order valence-electron chi connectivity index (χ1n) is 5.92. The van der Waals surface area contributed by atoms with E-state index < -0.39 is 5.97 Å². The third-order valence-electron chi connectivity index (χ3n) is 3.46. The molecule has 0 spiro atoms. The summed E-state index contributed by atoms with van der Waals surface area (Å²) in [4.78, 5) is 10.9. The number of carboxylic acid groups (broad SMARTS) is 1. The van der Waals surface area contributed by atoms with Crippen LogP contribution in [0.1, 0.15) is 16.2 Å². The molecule has 0 bridgehead atoms. The highest BCUT2D eigenvalue weighted by molar-refractivity contribution is 5.98. The van der Waals surface area contributed by atoms with Gasteiger partial charge in [-0.3, -0.25) is 5.10 Å². The van der Waals surface area contributed by atoms with Crippen molar-refractivity contribution < 1.29 is 9.90 Å². The molecule has 2 aromatic heterocycles. The van der Waals surface area contributed by atoms with E-state index in [9.17, 15) is 4.79 Å². The number of aryl methyl sites for hydroxylation is 1. The van der Waals surface area contributed by atoms with Crippen LogP contribution in [0.15, 0.2) is 30.3 Å². The van der Waals surface area contributed by atoms with Crippen molar-refractivity contribution in [1.82, 2.24) is 14.8 Å². The zero-order chi connectivity index (χ0) is 13.6. The van der Waals surface area contributed by atoms with Gasteiger partial charge in [0.1, 0.15) is 5.69 Å². The fraction of sp³-hybridized carbons (Fsp3) is 0.143. The normalized spacial score (nSPS) is 11.1. The largest absolute Gasteiger partial charge is 0.477 e. The first-order valence-corrected chi connectivity index (χ1v) is 5.92. The van der Waals surface area contributed by atoms with E-state index in [4.69, 9.17) is 5.11 Å². The summed E-state index contributed by atoms with van der Waals surface area (Å²) in [5, 5.41) is 16.7. The molecule has 2 N–H and O–H groups in total. The molecule has 0 unspecified atom stereocenters. The molecule has 2 heterocycles. The van der Waals surface area contributed by atoms with Crippen molar-refractivity contribution in [3.8, 4) is 11.3 Å². The molecule has 96 valence electrons. The maximum absolute atomic E-state index is 10.9. The SMILES string of the molecule is Cc1c(-c2cc(C(=O)O)[nH]n2)c2ccccc2n1C. The van der Waals surface area contributed by atoms with Gasteiger partial charge in [0.15, 0.2) is 0 Å². The van der Waals surface area contributed by atoms with Gasteiger partial charge in [-0.2, -0.15) is 5.10 Å². The molecule has 3 rings (SSSR count). The number of aromatic nitrogens is 3. The summed E-state index contributed by atoms with van der Waals surface area (Å²) in [6, 6.07) is 9.58. The molecule has 0 fully saturated rings. The highest BCUT2D eigenvalue weighted by Gasteiger charge is 2.17. The van der Waals surface area contributed by atoms with E-state index in [1.54, 1.807) is 6.07 Å². The van der Waals surface area contributed by atoms with Gasteiger partial charge in [0.05, 0.1) is 5.69 Å². The zero-order valence-electron chi connectivity index (χ0n) is 10.6. The summed E-state index contributed by atoms with van der Waals surface area (Å²) in [6.07, 6.45) is 0. The molecule has 1 aromatic carbocycles. The standard InChI is InChI=1S/C14H13N3O2/c1-8-13(10-7-11(14(18)19)16-15-10)9-5-3-4-6-12(9)17(8)2/h3-7H,1-2H3,(H,15,16)(H,18,19). The minimum atomic E-state index is -1.00. The second-order valence-electron chi connectivity index (χ2n) is 4.51. The molecule has 0 amide bonds. The van der Waals surface area contributed by atoms with E-state index in [0.717, 1.165) is 22.2 Å². The molecule has 0 saturated heterocycles. The minimum Gasteiger partial charge on any atom is -0.477 e. The van der Waals surface area contributed by atoms with Crippen LogP contribution in [0.2, 0.25) is 0 Å². The summed E-state index contributed by atoms with van der Waals surface area (Å²) in [6.45, 7) is 2.00. The van der Waals surface area contributed by atoms with E-state index >= 15 is 0 Å². The topological polar surface area (TPSA) is 70.9 Å². The fourth-order valence-corrected chi connectivity index (χ4v) is 2.40. The number of para-hydroxylation sites is 1. The Balaban J connectivity index is 2.29. The molecule has 3 aromatic rings. The van der Waals surface area contributed by atoms with Gasteiger partial charge < -0.3 is 9.67 Å². The summed E-state index contributed by atoms with van der Waals surface area (Å²) >= 11 is 0. The van der Waals surface area contributed by atoms with Gasteiger partial charge in [0.2, 0.25) is 0 Å². The molecular formula is C14H13N3O2. The maximum Gasteiger partial charge on any atom is 0.353 e. The third-order valence-corrected chi connectivity index (χ3v) is 3.46.